The van der Waals surface area contributed by atoms with Gasteiger partial charge in [0.2, 0.25) is 11.8 Å². The molecule has 0 saturated carbocycles. The molecule has 0 spiro atoms. The second-order valence-electron chi connectivity index (χ2n) is 3.52. The first-order valence-electron chi connectivity index (χ1n) is 5.44. The molecule has 1 aromatic rings. The lowest BCUT2D eigenvalue weighted by atomic mass is 10.2. The lowest BCUT2D eigenvalue weighted by Crippen LogP contribution is -2.32. The molecule has 1 aromatic carbocycles. The van der Waals surface area contributed by atoms with Crippen molar-refractivity contribution in [2.45, 2.75) is 6.92 Å². The van der Waals surface area contributed by atoms with E-state index in [-0.39, 0.29) is 11.8 Å². The molecule has 4 nitrogen and oxygen atoms in total. The Balaban J connectivity index is 2.25. The molecule has 0 aliphatic carbocycles. The minimum absolute atomic E-state index is 0.0981. The number of nitrogens with one attached hydrogen (secondary N) is 2. The van der Waals surface area contributed by atoms with E-state index in [2.05, 4.69) is 10.6 Å². The van der Waals surface area contributed by atoms with E-state index in [0.29, 0.717) is 13.1 Å². The highest BCUT2D eigenvalue weighted by Gasteiger charge is 1.95. The predicted molar refractivity (Wildman–Crippen MR) is 67.2 cm³/mol. The van der Waals surface area contributed by atoms with Crippen LogP contribution in [0.2, 0.25) is 0 Å². The molecule has 0 fully saturated rings. The average molecular weight is 232 g/mol. The van der Waals surface area contributed by atoms with Crippen LogP contribution in [0.5, 0.6) is 0 Å². The fourth-order valence-corrected chi connectivity index (χ4v) is 1.22. The van der Waals surface area contributed by atoms with Crippen molar-refractivity contribution in [1.29, 1.82) is 0 Å². The molecule has 0 aliphatic heterocycles. The number of rotatable bonds is 5. The zero-order chi connectivity index (χ0) is 12.5. The van der Waals surface area contributed by atoms with Crippen molar-refractivity contribution in [3.8, 4) is 0 Å². The van der Waals surface area contributed by atoms with Gasteiger partial charge in [-0.3, -0.25) is 9.59 Å². The summed E-state index contributed by atoms with van der Waals surface area (Å²) in [6.45, 7) is 2.31. The third kappa shape index (κ3) is 6.14. The minimum Gasteiger partial charge on any atom is -0.355 e. The first-order chi connectivity index (χ1) is 8.18. The zero-order valence-corrected chi connectivity index (χ0v) is 9.77. The molecule has 0 radical (unpaired) electrons. The van der Waals surface area contributed by atoms with Gasteiger partial charge in [0.25, 0.3) is 0 Å². The predicted octanol–water partition coefficient (Wildman–Crippen LogP) is 0.952. The Labute approximate surface area is 101 Å². The van der Waals surface area contributed by atoms with Gasteiger partial charge in [-0.05, 0) is 11.6 Å². The van der Waals surface area contributed by atoms with Crippen LogP contribution >= 0.6 is 0 Å². The summed E-state index contributed by atoms with van der Waals surface area (Å²) in [7, 11) is 0. The molecule has 2 N–H and O–H groups in total. The van der Waals surface area contributed by atoms with Crippen LogP contribution in [0.4, 0.5) is 0 Å². The Morgan fingerprint density at radius 1 is 1.12 bits per heavy atom. The van der Waals surface area contributed by atoms with Crippen LogP contribution < -0.4 is 10.6 Å². The monoisotopic (exact) mass is 232 g/mol. The van der Waals surface area contributed by atoms with E-state index in [1.165, 1.54) is 13.0 Å². The van der Waals surface area contributed by atoms with Gasteiger partial charge in [-0.25, -0.2) is 0 Å². The topological polar surface area (TPSA) is 58.2 Å². The molecule has 0 atom stereocenters. The van der Waals surface area contributed by atoms with Crippen LogP contribution in [0.25, 0.3) is 6.08 Å². The Morgan fingerprint density at radius 2 is 1.76 bits per heavy atom. The summed E-state index contributed by atoms with van der Waals surface area (Å²) in [6, 6.07) is 9.58. The van der Waals surface area contributed by atoms with Gasteiger partial charge in [-0.1, -0.05) is 30.3 Å². The lowest BCUT2D eigenvalue weighted by Gasteiger charge is -2.02. The van der Waals surface area contributed by atoms with Crippen molar-refractivity contribution >= 4 is 17.9 Å². The fraction of sp³-hybridized carbons (Fsp3) is 0.231. The molecule has 1 rings (SSSR count). The number of benzene rings is 1. The standard InChI is InChI=1S/C13H16N2O2/c1-11(16)14-9-10-15-13(17)8-7-12-5-3-2-4-6-12/h2-8H,9-10H2,1H3,(H,14,16)(H,15,17)/b8-7+. The van der Waals surface area contributed by atoms with Gasteiger partial charge in [0, 0.05) is 26.1 Å². The summed E-state index contributed by atoms with van der Waals surface area (Å²) in [5.41, 5.74) is 0.976. The third-order valence-electron chi connectivity index (χ3n) is 2.02. The van der Waals surface area contributed by atoms with Crippen LogP contribution in [0, 0.1) is 0 Å². The second kappa shape index (κ2) is 7.22. The summed E-state index contributed by atoms with van der Waals surface area (Å²) < 4.78 is 0. The molecular weight excluding hydrogens is 216 g/mol. The largest absolute Gasteiger partial charge is 0.355 e. The maximum atomic E-state index is 11.4. The first-order valence-corrected chi connectivity index (χ1v) is 5.44. The van der Waals surface area contributed by atoms with Gasteiger partial charge in [0.15, 0.2) is 0 Å². The Kier molecular flexibility index (Phi) is 5.51. The molecule has 0 saturated heterocycles. The lowest BCUT2D eigenvalue weighted by molar-refractivity contribution is -0.119. The summed E-state index contributed by atoms with van der Waals surface area (Å²) in [5.74, 6) is -0.265. The third-order valence-corrected chi connectivity index (χ3v) is 2.02. The number of amides is 2. The molecule has 0 unspecified atom stereocenters. The molecular formula is C13H16N2O2. The van der Waals surface area contributed by atoms with Crippen LogP contribution in [-0.2, 0) is 9.59 Å². The van der Waals surface area contributed by atoms with Gasteiger partial charge in [0.05, 0.1) is 0 Å². The smallest absolute Gasteiger partial charge is 0.244 e. The average Bonchev–Trinajstić information content (AvgIpc) is 2.33. The summed E-state index contributed by atoms with van der Waals surface area (Å²) in [6.07, 6.45) is 3.22. The molecule has 0 heterocycles. The Hall–Kier alpha value is -2.10. The van der Waals surface area contributed by atoms with Crippen LogP contribution in [0.15, 0.2) is 36.4 Å². The number of carbonyl (C=O) groups is 2. The quantitative estimate of drug-likeness (QED) is 0.586. The Bertz CT molecular complexity index is 399. The summed E-state index contributed by atoms with van der Waals surface area (Å²) in [4.78, 5) is 21.9. The van der Waals surface area contributed by atoms with E-state index in [1.807, 2.05) is 30.3 Å². The number of hydrogen-bond acceptors (Lipinski definition) is 2. The molecule has 0 aromatic heterocycles. The molecule has 0 aliphatic rings. The van der Waals surface area contributed by atoms with E-state index < -0.39 is 0 Å². The van der Waals surface area contributed by atoms with Gasteiger partial charge in [-0.15, -0.1) is 0 Å². The van der Waals surface area contributed by atoms with Crippen LogP contribution in [0.3, 0.4) is 0 Å². The highest BCUT2D eigenvalue weighted by atomic mass is 16.2. The van der Waals surface area contributed by atoms with Crippen molar-refractivity contribution in [3.05, 3.63) is 42.0 Å². The minimum atomic E-state index is -0.167. The van der Waals surface area contributed by atoms with E-state index in [9.17, 15) is 9.59 Å². The maximum absolute atomic E-state index is 11.4. The second-order valence-corrected chi connectivity index (χ2v) is 3.52. The summed E-state index contributed by atoms with van der Waals surface area (Å²) in [5, 5.41) is 5.26. The van der Waals surface area contributed by atoms with Crippen molar-refractivity contribution in [2.75, 3.05) is 13.1 Å². The van der Waals surface area contributed by atoms with Crippen molar-refractivity contribution < 1.29 is 9.59 Å². The highest BCUT2D eigenvalue weighted by Crippen LogP contribution is 2.00. The molecule has 90 valence electrons. The van der Waals surface area contributed by atoms with Crippen molar-refractivity contribution in [1.82, 2.24) is 10.6 Å². The van der Waals surface area contributed by atoms with Crippen molar-refractivity contribution in [3.63, 3.8) is 0 Å². The van der Waals surface area contributed by atoms with E-state index in [4.69, 9.17) is 0 Å². The number of carbonyl (C=O) groups excluding carboxylic acids is 2. The van der Waals surface area contributed by atoms with Gasteiger partial charge >= 0.3 is 0 Å². The molecule has 17 heavy (non-hydrogen) atoms. The van der Waals surface area contributed by atoms with Gasteiger partial charge in [0.1, 0.15) is 0 Å². The zero-order valence-electron chi connectivity index (χ0n) is 9.77. The van der Waals surface area contributed by atoms with Crippen LogP contribution in [0.1, 0.15) is 12.5 Å². The maximum Gasteiger partial charge on any atom is 0.244 e. The molecule has 4 heteroatoms. The summed E-state index contributed by atoms with van der Waals surface area (Å²) >= 11 is 0. The van der Waals surface area contributed by atoms with Crippen molar-refractivity contribution in [2.24, 2.45) is 0 Å². The first kappa shape index (κ1) is 13.0. The normalized spacial score (nSPS) is 10.2. The van der Waals surface area contributed by atoms with E-state index in [0.717, 1.165) is 5.56 Å². The van der Waals surface area contributed by atoms with E-state index in [1.54, 1.807) is 6.08 Å². The fourth-order valence-electron chi connectivity index (χ4n) is 1.22. The SMILES string of the molecule is CC(=O)NCCNC(=O)/C=C/c1ccccc1. The molecule has 0 bridgehead atoms. The Morgan fingerprint density at radius 3 is 2.41 bits per heavy atom. The van der Waals surface area contributed by atoms with Gasteiger partial charge in [-0.2, -0.15) is 0 Å². The van der Waals surface area contributed by atoms with Gasteiger partial charge < -0.3 is 10.6 Å². The van der Waals surface area contributed by atoms with Crippen LogP contribution in [-0.4, -0.2) is 24.9 Å². The highest BCUT2D eigenvalue weighted by molar-refractivity contribution is 5.91. The number of hydrogen-bond donors (Lipinski definition) is 2. The van der Waals surface area contributed by atoms with E-state index >= 15 is 0 Å². The molecule has 2 amide bonds.